The summed E-state index contributed by atoms with van der Waals surface area (Å²) < 4.78 is 0. The average molecular weight is 364 g/mol. The minimum Gasteiger partial charge on any atom is -0.352 e. The number of piperidine rings is 2. The lowest BCUT2D eigenvalue weighted by atomic mass is 9.83. The normalized spacial score (nSPS) is 23.3. The summed E-state index contributed by atoms with van der Waals surface area (Å²) in [5.41, 5.74) is 5.02. The fourth-order valence-corrected chi connectivity index (χ4v) is 4.53. The number of hydrogen-bond donors (Lipinski definition) is 2. The second-order valence-electron chi connectivity index (χ2n) is 6.63. The molecule has 1 aromatic heterocycles. The number of urea groups is 1. The first-order chi connectivity index (χ1) is 12.0. The zero-order valence-electron chi connectivity index (χ0n) is 14.1. The first kappa shape index (κ1) is 17.7. The van der Waals surface area contributed by atoms with Gasteiger partial charge < -0.3 is 20.9 Å². The molecule has 7 nitrogen and oxygen atoms in total. The van der Waals surface area contributed by atoms with E-state index in [0.717, 1.165) is 25.8 Å². The lowest BCUT2D eigenvalue weighted by Crippen LogP contribution is -2.58. The van der Waals surface area contributed by atoms with Crippen molar-refractivity contribution in [2.24, 2.45) is 11.7 Å². The largest absolute Gasteiger partial charge is 0.352 e. The Balaban J connectivity index is 1.57. The maximum absolute atomic E-state index is 12.4. The highest BCUT2D eigenvalue weighted by Crippen LogP contribution is 2.31. The molecule has 3 rings (SSSR count). The number of nitrogens with two attached hydrogens (primary N) is 1. The lowest BCUT2D eigenvalue weighted by Gasteiger charge is -2.47. The Hall–Kier alpha value is -2.09. The molecular formula is C17H24N4O3S. The summed E-state index contributed by atoms with van der Waals surface area (Å²) in [6, 6.07) is 3.66. The van der Waals surface area contributed by atoms with E-state index in [4.69, 9.17) is 5.73 Å². The molecule has 0 spiro atoms. The molecule has 3 N–H and O–H groups in total. The van der Waals surface area contributed by atoms with Crippen molar-refractivity contribution in [1.29, 1.82) is 0 Å². The van der Waals surface area contributed by atoms with Crippen molar-refractivity contribution in [2.75, 3.05) is 26.2 Å². The summed E-state index contributed by atoms with van der Waals surface area (Å²) in [7, 11) is 0. The molecule has 1 aromatic rings. The van der Waals surface area contributed by atoms with Crippen molar-refractivity contribution >= 4 is 29.2 Å². The molecule has 3 heterocycles. The Bertz CT molecular complexity index is 634. The highest BCUT2D eigenvalue weighted by atomic mass is 32.1. The molecule has 25 heavy (non-hydrogen) atoms. The number of amides is 4. The Morgan fingerprint density at radius 1 is 1.36 bits per heavy atom. The van der Waals surface area contributed by atoms with Crippen LogP contribution in [0.15, 0.2) is 17.5 Å². The zero-order chi connectivity index (χ0) is 17.8. The molecule has 0 bridgehead atoms. The predicted octanol–water partition coefficient (Wildman–Crippen LogP) is 0.798. The molecule has 0 aromatic carbocycles. The maximum atomic E-state index is 12.4. The smallest absolute Gasteiger partial charge is 0.312 e. The highest BCUT2D eigenvalue weighted by Gasteiger charge is 2.40. The van der Waals surface area contributed by atoms with Crippen LogP contribution in [0.2, 0.25) is 0 Å². The fourth-order valence-electron chi connectivity index (χ4n) is 3.83. The summed E-state index contributed by atoms with van der Waals surface area (Å²) in [5.74, 6) is 0.430. The quantitative estimate of drug-likeness (QED) is 0.809. The highest BCUT2D eigenvalue weighted by molar-refractivity contribution is 7.09. The monoisotopic (exact) mass is 364 g/mol. The van der Waals surface area contributed by atoms with E-state index in [1.807, 2.05) is 11.0 Å². The lowest BCUT2D eigenvalue weighted by molar-refractivity contribution is -0.143. The number of likely N-dealkylation sites (tertiary alicyclic amines) is 2. The molecule has 8 heteroatoms. The summed E-state index contributed by atoms with van der Waals surface area (Å²) in [5, 5.41) is 4.41. The third kappa shape index (κ3) is 4.31. The number of nitrogens with one attached hydrogen (secondary N) is 1. The minimum atomic E-state index is -0.689. The van der Waals surface area contributed by atoms with E-state index < -0.39 is 6.03 Å². The third-order valence-electron chi connectivity index (χ3n) is 5.09. The minimum absolute atomic E-state index is 0.0618. The van der Waals surface area contributed by atoms with Gasteiger partial charge in [-0.05, 0) is 36.6 Å². The zero-order valence-corrected chi connectivity index (χ0v) is 15.0. The van der Waals surface area contributed by atoms with Gasteiger partial charge in [0.25, 0.3) is 0 Å². The van der Waals surface area contributed by atoms with Gasteiger partial charge in [0, 0.05) is 37.0 Å². The van der Waals surface area contributed by atoms with E-state index in [0.29, 0.717) is 25.4 Å². The van der Waals surface area contributed by atoms with Crippen LogP contribution >= 0.6 is 11.3 Å². The van der Waals surface area contributed by atoms with E-state index >= 15 is 0 Å². The van der Waals surface area contributed by atoms with Crippen LogP contribution in [0.4, 0.5) is 4.79 Å². The van der Waals surface area contributed by atoms with E-state index in [1.54, 1.807) is 16.2 Å². The standard InChI is InChI=1S/C17H24N4O3S/c18-17(24)19-10-16(23)20-7-6-14-12(11-20)3-4-15(22)21(14)8-5-13-2-1-9-25-13/h1-2,9,12,14H,3-8,10-11H2,(H3,18,19,24)/t12-,14+/m0/s1. The molecule has 0 saturated carbocycles. The van der Waals surface area contributed by atoms with Crippen LogP contribution in [-0.2, 0) is 16.0 Å². The SMILES string of the molecule is NC(=O)NCC(=O)N1CC[C@@H]2[C@@H](CCC(=O)N2CCc2cccs2)C1. The van der Waals surface area contributed by atoms with Crippen LogP contribution in [0.5, 0.6) is 0 Å². The van der Waals surface area contributed by atoms with Gasteiger partial charge in [-0.2, -0.15) is 0 Å². The molecular weight excluding hydrogens is 340 g/mol. The van der Waals surface area contributed by atoms with Crippen LogP contribution in [-0.4, -0.2) is 59.9 Å². The van der Waals surface area contributed by atoms with E-state index in [9.17, 15) is 14.4 Å². The van der Waals surface area contributed by atoms with Crippen molar-refractivity contribution in [1.82, 2.24) is 15.1 Å². The molecule has 2 aliphatic rings. The molecule has 136 valence electrons. The summed E-state index contributed by atoms with van der Waals surface area (Å²) >= 11 is 1.72. The topological polar surface area (TPSA) is 95.7 Å². The number of thiophene rings is 1. The van der Waals surface area contributed by atoms with Gasteiger partial charge in [0.2, 0.25) is 11.8 Å². The second-order valence-corrected chi connectivity index (χ2v) is 7.66. The first-order valence-electron chi connectivity index (χ1n) is 8.67. The first-order valence-corrected chi connectivity index (χ1v) is 9.55. The number of carbonyl (C=O) groups is 3. The molecule has 2 aliphatic heterocycles. The van der Waals surface area contributed by atoms with Gasteiger partial charge in [0.15, 0.2) is 0 Å². The van der Waals surface area contributed by atoms with Crippen LogP contribution in [0.25, 0.3) is 0 Å². The van der Waals surface area contributed by atoms with Gasteiger partial charge in [0.1, 0.15) is 0 Å². The second kappa shape index (κ2) is 7.86. The maximum Gasteiger partial charge on any atom is 0.312 e. The fraction of sp³-hybridized carbons (Fsp3) is 0.588. The number of hydrogen-bond acceptors (Lipinski definition) is 4. The number of primary amides is 1. The van der Waals surface area contributed by atoms with Crippen LogP contribution in [0, 0.1) is 5.92 Å². The molecule has 0 unspecified atom stereocenters. The van der Waals surface area contributed by atoms with Crippen LogP contribution < -0.4 is 11.1 Å². The van der Waals surface area contributed by atoms with E-state index in [-0.39, 0.29) is 24.4 Å². The van der Waals surface area contributed by atoms with Crippen molar-refractivity contribution in [2.45, 2.75) is 31.7 Å². The van der Waals surface area contributed by atoms with Gasteiger partial charge in [-0.3, -0.25) is 9.59 Å². The summed E-state index contributed by atoms with van der Waals surface area (Å²) in [6.45, 7) is 1.95. The Morgan fingerprint density at radius 2 is 2.20 bits per heavy atom. The number of rotatable bonds is 5. The van der Waals surface area contributed by atoms with Crippen molar-refractivity contribution in [3.05, 3.63) is 22.4 Å². The molecule has 2 saturated heterocycles. The van der Waals surface area contributed by atoms with E-state index in [1.165, 1.54) is 4.88 Å². The van der Waals surface area contributed by atoms with Crippen LogP contribution in [0.3, 0.4) is 0 Å². The number of fused-ring (bicyclic) bond motifs is 1. The Morgan fingerprint density at radius 3 is 2.92 bits per heavy atom. The van der Waals surface area contributed by atoms with Crippen molar-refractivity contribution in [3.8, 4) is 0 Å². The molecule has 2 atom stereocenters. The van der Waals surface area contributed by atoms with E-state index in [2.05, 4.69) is 16.8 Å². The molecule has 4 amide bonds. The van der Waals surface area contributed by atoms with Gasteiger partial charge in [-0.15, -0.1) is 11.3 Å². The van der Waals surface area contributed by atoms with Gasteiger partial charge >= 0.3 is 6.03 Å². The third-order valence-corrected chi connectivity index (χ3v) is 6.03. The Labute approximate surface area is 151 Å². The average Bonchev–Trinajstić information content (AvgIpc) is 3.12. The summed E-state index contributed by atoms with van der Waals surface area (Å²) in [6.07, 6.45) is 3.06. The Kier molecular flexibility index (Phi) is 5.57. The number of nitrogens with zero attached hydrogens (tertiary/aromatic N) is 2. The van der Waals surface area contributed by atoms with Crippen molar-refractivity contribution in [3.63, 3.8) is 0 Å². The molecule has 0 radical (unpaired) electrons. The molecule has 0 aliphatic carbocycles. The van der Waals surface area contributed by atoms with Gasteiger partial charge in [-0.1, -0.05) is 6.07 Å². The van der Waals surface area contributed by atoms with Crippen LogP contribution in [0.1, 0.15) is 24.1 Å². The summed E-state index contributed by atoms with van der Waals surface area (Å²) in [4.78, 5) is 40.4. The molecule has 2 fully saturated rings. The predicted molar refractivity (Wildman–Crippen MR) is 95.0 cm³/mol. The van der Waals surface area contributed by atoms with Gasteiger partial charge in [0.05, 0.1) is 6.54 Å². The van der Waals surface area contributed by atoms with Gasteiger partial charge in [-0.25, -0.2) is 4.79 Å². The number of carbonyl (C=O) groups excluding carboxylic acids is 3. The van der Waals surface area contributed by atoms with Crippen molar-refractivity contribution < 1.29 is 14.4 Å².